The van der Waals surface area contributed by atoms with Gasteiger partial charge in [-0.2, -0.15) is 12.6 Å². The Balaban J connectivity index is 3.32. The molecule has 0 saturated heterocycles. The van der Waals surface area contributed by atoms with Crippen LogP contribution in [-0.2, 0) is 11.1 Å². The van der Waals surface area contributed by atoms with Crippen LogP contribution in [0.1, 0.15) is 6.42 Å². The molecule has 5 heteroatoms. The van der Waals surface area contributed by atoms with Gasteiger partial charge in [-0.15, -0.1) is 0 Å². The van der Waals surface area contributed by atoms with Crippen LogP contribution in [0, 0.1) is 0 Å². The third-order valence-electron chi connectivity index (χ3n) is 0.673. The summed E-state index contributed by atoms with van der Waals surface area (Å²) in [5.74, 6) is 0.549. The fourth-order valence-corrected chi connectivity index (χ4v) is 1.00. The van der Waals surface area contributed by atoms with E-state index >= 15 is 0 Å². The minimum absolute atomic E-state index is 0.478. The Labute approximate surface area is 56.3 Å². The Hall–Kier alpha value is 0.420. The molecular weight excluding hydrogens is 146 g/mol. The van der Waals surface area contributed by atoms with Crippen LogP contribution in [0.3, 0.4) is 0 Å². The highest BCUT2D eigenvalue weighted by molar-refractivity contribution is 7.81. The molecule has 0 radical (unpaired) electrons. The van der Waals surface area contributed by atoms with E-state index in [0.29, 0.717) is 12.2 Å². The van der Waals surface area contributed by atoms with Crippen LogP contribution in [0.15, 0.2) is 0 Å². The molecule has 3 nitrogen and oxygen atoms in total. The monoisotopic (exact) mass is 155 g/mol. The standard InChI is InChI=1S/C3H9NO2S2/c4-3(1-2-7)8(5)6/h3,7H,1-2,4H2,(H,5,6)/t3-/m0/s1. The maximum Gasteiger partial charge on any atom is 0.170 e. The number of hydrogen-bond donors (Lipinski definition) is 3. The zero-order valence-electron chi connectivity index (χ0n) is 4.28. The lowest BCUT2D eigenvalue weighted by Crippen LogP contribution is -2.25. The van der Waals surface area contributed by atoms with E-state index in [-0.39, 0.29) is 0 Å². The zero-order valence-corrected chi connectivity index (χ0v) is 5.99. The summed E-state index contributed by atoms with van der Waals surface area (Å²) in [6.45, 7) is 0. The molecule has 0 aliphatic carbocycles. The number of thiol groups is 1. The molecule has 8 heavy (non-hydrogen) atoms. The van der Waals surface area contributed by atoms with Crippen molar-refractivity contribution in [3.8, 4) is 0 Å². The summed E-state index contributed by atoms with van der Waals surface area (Å²) in [5, 5.41) is -0.632. The van der Waals surface area contributed by atoms with Crippen LogP contribution in [0.5, 0.6) is 0 Å². The molecule has 0 fully saturated rings. The van der Waals surface area contributed by atoms with Gasteiger partial charge in [0.1, 0.15) is 5.37 Å². The smallest absolute Gasteiger partial charge is 0.170 e. The van der Waals surface area contributed by atoms with Gasteiger partial charge < -0.3 is 10.3 Å². The number of rotatable bonds is 3. The number of nitrogens with two attached hydrogens (primary N) is 1. The molecule has 1 unspecified atom stereocenters. The molecule has 0 amide bonds. The summed E-state index contributed by atoms with van der Waals surface area (Å²) in [6, 6.07) is 0. The molecule has 0 aromatic rings. The molecule has 0 aromatic carbocycles. The van der Waals surface area contributed by atoms with E-state index in [2.05, 4.69) is 12.6 Å². The van der Waals surface area contributed by atoms with Crippen LogP contribution >= 0.6 is 12.6 Å². The summed E-state index contributed by atoms with van der Waals surface area (Å²) in [6.07, 6.45) is 0.478. The van der Waals surface area contributed by atoms with Gasteiger partial charge in [0.2, 0.25) is 0 Å². The third-order valence-corrected chi connectivity index (χ3v) is 1.68. The first-order valence-electron chi connectivity index (χ1n) is 2.14. The summed E-state index contributed by atoms with van der Waals surface area (Å²) in [5.41, 5.74) is 5.13. The van der Waals surface area contributed by atoms with E-state index in [9.17, 15) is 4.21 Å². The Kier molecular flexibility index (Phi) is 4.54. The first-order chi connectivity index (χ1) is 3.68. The second-order valence-electron chi connectivity index (χ2n) is 1.33. The van der Waals surface area contributed by atoms with Gasteiger partial charge in [0.05, 0.1) is 0 Å². The molecule has 3 N–H and O–H groups in total. The minimum atomic E-state index is -1.88. The van der Waals surface area contributed by atoms with Crippen molar-refractivity contribution in [2.24, 2.45) is 5.73 Å². The van der Waals surface area contributed by atoms with Gasteiger partial charge >= 0.3 is 0 Å². The van der Waals surface area contributed by atoms with Crippen LogP contribution in [0.2, 0.25) is 0 Å². The molecule has 0 spiro atoms. The van der Waals surface area contributed by atoms with Crippen molar-refractivity contribution in [2.45, 2.75) is 11.8 Å². The third kappa shape index (κ3) is 3.43. The van der Waals surface area contributed by atoms with E-state index in [4.69, 9.17) is 10.3 Å². The highest BCUT2D eigenvalue weighted by atomic mass is 32.2. The van der Waals surface area contributed by atoms with Gasteiger partial charge in [-0.3, -0.25) is 0 Å². The quantitative estimate of drug-likeness (QED) is 0.391. The second kappa shape index (κ2) is 4.31. The normalized spacial score (nSPS) is 17.9. The average Bonchev–Trinajstić information content (AvgIpc) is 1.67. The van der Waals surface area contributed by atoms with E-state index in [1.54, 1.807) is 0 Å². The molecule has 2 atom stereocenters. The van der Waals surface area contributed by atoms with E-state index in [1.165, 1.54) is 0 Å². The van der Waals surface area contributed by atoms with Crippen molar-refractivity contribution in [2.75, 3.05) is 5.75 Å². The van der Waals surface area contributed by atoms with Crippen molar-refractivity contribution in [3.63, 3.8) is 0 Å². The average molecular weight is 155 g/mol. The molecule has 0 rings (SSSR count). The van der Waals surface area contributed by atoms with Crippen molar-refractivity contribution >= 4 is 23.7 Å². The fourth-order valence-electron chi connectivity index (χ4n) is 0.228. The molecule has 0 saturated carbocycles. The highest BCUT2D eigenvalue weighted by Crippen LogP contribution is 1.92. The zero-order chi connectivity index (χ0) is 6.57. The van der Waals surface area contributed by atoms with Crippen LogP contribution < -0.4 is 5.73 Å². The summed E-state index contributed by atoms with van der Waals surface area (Å²) < 4.78 is 18.3. The van der Waals surface area contributed by atoms with Crippen LogP contribution in [0.25, 0.3) is 0 Å². The fraction of sp³-hybridized carbons (Fsp3) is 1.00. The largest absolute Gasteiger partial charge is 0.315 e. The lowest BCUT2D eigenvalue weighted by atomic mass is 10.5. The maximum absolute atomic E-state index is 10.0. The topological polar surface area (TPSA) is 63.3 Å². The molecule has 0 bridgehead atoms. The molecule has 0 heterocycles. The van der Waals surface area contributed by atoms with E-state index in [0.717, 1.165) is 0 Å². The van der Waals surface area contributed by atoms with Crippen LogP contribution in [0.4, 0.5) is 0 Å². The van der Waals surface area contributed by atoms with E-state index < -0.39 is 16.5 Å². The van der Waals surface area contributed by atoms with Gasteiger partial charge in [-0.25, -0.2) is 4.21 Å². The number of hydrogen-bond acceptors (Lipinski definition) is 3. The van der Waals surface area contributed by atoms with Crippen molar-refractivity contribution in [1.82, 2.24) is 0 Å². The summed E-state index contributed by atoms with van der Waals surface area (Å²) in [7, 11) is 0. The predicted molar refractivity (Wildman–Crippen MR) is 37.2 cm³/mol. The Morgan fingerprint density at radius 1 is 1.88 bits per heavy atom. The Morgan fingerprint density at radius 3 is 2.50 bits per heavy atom. The molecule has 0 aromatic heterocycles. The van der Waals surface area contributed by atoms with Gasteiger partial charge in [0.15, 0.2) is 11.1 Å². The minimum Gasteiger partial charge on any atom is -0.315 e. The highest BCUT2D eigenvalue weighted by Gasteiger charge is 2.05. The van der Waals surface area contributed by atoms with Gasteiger partial charge in [-0.05, 0) is 12.2 Å². The van der Waals surface area contributed by atoms with Crippen molar-refractivity contribution in [1.29, 1.82) is 0 Å². The van der Waals surface area contributed by atoms with Gasteiger partial charge in [0, 0.05) is 0 Å². The Bertz CT molecular complexity index is 87.4. The lowest BCUT2D eigenvalue weighted by molar-refractivity contribution is 0.546. The lowest BCUT2D eigenvalue weighted by Gasteiger charge is -2.01. The van der Waals surface area contributed by atoms with Crippen LogP contribution in [-0.4, -0.2) is 19.9 Å². The Morgan fingerprint density at radius 2 is 2.38 bits per heavy atom. The molecule has 0 aliphatic rings. The maximum atomic E-state index is 10.0. The predicted octanol–water partition coefficient (Wildman–Crippen LogP) is -0.187. The summed E-state index contributed by atoms with van der Waals surface area (Å²) in [4.78, 5) is 0. The van der Waals surface area contributed by atoms with Gasteiger partial charge in [-0.1, -0.05) is 0 Å². The first-order valence-corrected chi connectivity index (χ1v) is 3.95. The van der Waals surface area contributed by atoms with Gasteiger partial charge in [0.25, 0.3) is 0 Å². The second-order valence-corrected chi connectivity index (χ2v) is 2.93. The molecular formula is C3H9NO2S2. The van der Waals surface area contributed by atoms with E-state index in [1.807, 2.05) is 0 Å². The van der Waals surface area contributed by atoms with Crippen molar-refractivity contribution in [3.05, 3.63) is 0 Å². The first kappa shape index (κ1) is 8.42. The molecule has 0 aliphatic heterocycles. The van der Waals surface area contributed by atoms with Crippen molar-refractivity contribution < 1.29 is 8.76 Å². The SMILES string of the molecule is N[C@H](CCS)S(=O)O. The summed E-state index contributed by atoms with van der Waals surface area (Å²) >= 11 is 1.95. The molecule has 50 valence electrons.